The van der Waals surface area contributed by atoms with Crippen molar-refractivity contribution in [2.45, 2.75) is 31.1 Å². The van der Waals surface area contributed by atoms with E-state index in [9.17, 15) is 12.3 Å². The second kappa shape index (κ2) is 7.98. The lowest BCUT2D eigenvalue weighted by Gasteiger charge is -2.15. The van der Waals surface area contributed by atoms with Gasteiger partial charge in [0.1, 0.15) is 10.6 Å². The average molecular weight is 470 g/mol. The van der Waals surface area contributed by atoms with Crippen molar-refractivity contribution in [3.63, 3.8) is 0 Å². The lowest BCUT2D eigenvalue weighted by molar-refractivity contribution is 0.552. The minimum Gasteiger partial charge on any atom is -0.382 e. The van der Waals surface area contributed by atoms with Gasteiger partial charge in [0, 0.05) is 5.41 Å². The van der Waals surface area contributed by atoms with Crippen molar-refractivity contribution in [1.82, 2.24) is 9.78 Å². The van der Waals surface area contributed by atoms with Gasteiger partial charge >= 0.3 is 10.2 Å². The van der Waals surface area contributed by atoms with Crippen molar-refractivity contribution in [3.8, 4) is 5.69 Å². The molecule has 0 saturated heterocycles. The molecule has 1 heterocycles. The van der Waals surface area contributed by atoms with Gasteiger partial charge in [-0.1, -0.05) is 62.2 Å². The summed E-state index contributed by atoms with van der Waals surface area (Å²) in [5.41, 5.74) is 7.63. The SMILES string of the molecule is CC(C)(C)c1nn(-c2ccccc2)c(N)c1N=Nc1cc(Cl)c(S(=O)(=O)F)cc1Cl. The fraction of sp³-hybridized carbons (Fsp3) is 0.211. The van der Waals surface area contributed by atoms with Crippen LogP contribution < -0.4 is 5.73 Å². The molecule has 0 aliphatic rings. The first-order valence-corrected chi connectivity index (χ1v) is 10.8. The van der Waals surface area contributed by atoms with Gasteiger partial charge in [0.2, 0.25) is 0 Å². The largest absolute Gasteiger partial charge is 0.382 e. The number of nitrogens with two attached hydrogens (primary N) is 1. The summed E-state index contributed by atoms with van der Waals surface area (Å²) in [6.07, 6.45) is 0. The number of nitrogens with zero attached hydrogens (tertiary/aromatic N) is 4. The number of azo groups is 1. The van der Waals surface area contributed by atoms with E-state index in [2.05, 4.69) is 15.3 Å². The first-order valence-electron chi connectivity index (χ1n) is 8.69. The van der Waals surface area contributed by atoms with E-state index >= 15 is 0 Å². The van der Waals surface area contributed by atoms with Crippen LogP contribution in [0.2, 0.25) is 10.0 Å². The van der Waals surface area contributed by atoms with E-state index in [1.807, 2.05) is 51.1 Å². The maximum absolute atomic E-state index is 13.3. The molecule has 158 valence electrons. The van der Waals surface area contributed by atoms with Gasteiger partial charge in [0.15, 0.2) is 11.5 Å². The molecule has 3 aromatic rings. The van der Waals surface area contributed by atoms with Gasteiger partial charge in [-0.2, -0.15) is 13.5 Å². The Morgan fingerprint density at radius 2 is 1.70 bits per heavy atom. The van der Waals surface area contributed by atoms with Crippen LogP contribution in [0.4, 0.5) is 21.1 Å². The van der Waals surface area contributed by atoms with E-state index in [4.69, 9.17) is 28.9 Å². The number of halogens is 3. The number of anilines is 1. The smallest absolute Gasteiger partial charge is 0.333 e. The molecule has 0 unspecified atom stereocenters. The number of hydrogen-bond donors (Lipinski definition) is 1. The normalized spacial score (nSPS) is 12.6. The summed E-state index contributed by atoms with van der Waals surface area (Å²) in [5.74, 6) is 0.264. The van der Waals surface area contributed by atoms with Crippen molar-refractivity contribution in [2.24, 2.45) is 10.2 Å². The van der Waals surface area contributed by atoms with Gasteiger partial charge < -0.3 is 5.73 Å². The van der Waals surface area contributed by atoms with E-state index in [1.54, 1.807) is 4.68 Å². The number of benzene rings is 2. The summed E-state index contributed by atoms with van der Waals surface area (Å²) < 4.78 is 37.1. The molecule has 0 fully saturated rings. The van der Waals surface area contributed by atoms with Crippen molar-refractivity contribution >= 4 is 50.6 Å². The summed E-state index contributed by atoms with van der Waals surface area (Å²) in [6.45, 7) is 5.86. The quantitative estimate of drug-likeness (QED) is 0.366. The zero-order valence-corrected chi connectivity index (χ0v) is 18.6. The molecule has 11 heteroatoms. The third kappa shape index (κ3) is 4.48. The Morgan fingerprint density at radius 3 is 2.27 bits per heavy atom. The van der Waals surface area contributed by atoms with Gasteiger partial charge in [-0.25, -0.2) is 4.68 Å². The third-order valence-electron chi connectivity index (χ3n) is 4.13. The topological polar surface area (TPSA) is 103 Å². The van der Waals surface area contributed by atoms with Crippen LogP contribution in [-0.4, -0.2) is 18.2 Å². The van der Waals surface area contributed by atoms with Gasteiger partial charge in [-0.3, -0.25) is 0 Å². The first-order chi connectivity index (χ1) is 13.9. The van der Waals surface area contributed by atoms with Gasteiger partial charge in [-0.05, 0) is 24.3 Å². The third-order valence-corrected chi connectivity index (χ3v) is 5.72. The molecule has 0 radical (unpaired) electrons. The lowest BCUT2D eigenvalue weighted by Crippen LogP contribution is -2.13. The predicted octanol–water partition coefficient (Wildman–Crippen LogP) is 6.13. The van der Waals surface area contributed by atoms with Crippen molar-refractivity contribution in [2.75, 3.05) is 5.73 Å². The second-order valence-electron chi connectivity index (χ2n) is 7.45. The standard InChI is InChI=1S/C19H18Cl2FN5O2S/c1-19(2,3)17-16(18(23)27(26-17)11-7-5-4-6-8-11)25-24-14-9-13(21)15(10-12(14)20)30(22,28)29/h4-10H,23H2,1-3H3. The molecule has 0 atom stereocenters. The first kappa shape index (κ1) is 22.2. The summed E-state index contributed by atoms with van der Waals surface area (Å²) in [5, 5.41) is 12.4. The Kier molecular flexibility index (Phi) is 5.90. The fourth-order valence-electron chi connectivity index (χ4n) is 2.68. The van der Waals surface area contributed by atoms with Gasteiger partial charge in [-0.15, -0.1) is 14.1 Å². The van der Waals surface area contributed by atoms with Crippen LogP contribution in [0.1, 0.15) is 26.5 Å². The van der Waals surface area contributed by atoms with E-state index in [0.717, 1.165) is 17.8 Å². The van der Waals surface area contributed by atoms with Crippen LogP contribution in [0.5, 0.6) is 0 Å². The van der Waals surface area contributed by atoms with Crippen molar-refractivity contribution in [1.29, 1.82) is 0 Å². The summed E-state index contributed by atoms with van der Waals surface area (Å²) >= 11 is 11.9. The molecule has 0 amide bonds. The van der Waals surface area contributed by atoms with Crippen molar-refractivity contribution in [3.05, 3.63) is 58.2 Å². The molecular formula is C19H18Cl2FN5O2S. The maximum Gasteiger partial charge on any atom is 0.333 e. The van der Waals surface area contributed by atoms with Crippen molar-refractivity contribution < 1.29 is 12.3 Å². The molecule has 0 aliphatic heterocycles. The van der Waals surface area contributed by atoms with E-state index in [-0.39, 0.29) is 21.6 Å². The maximum atomic E-state index is 13.3. The van der Waals surface area contributed by atoms with Crippen LogP contribution in [0.25, 0.3) is 5.69 Å². The minimum absolute atomic E-state index is 0.0563. The van der Waals surface area contributed by atoms with Crippen LogP contribution in [0.3, 0.4) is 0 Å². The minimum atomic E-state index is -5.02. The molecular weight excluding hydrogens is 452 g/mol. The molecule has 7 nitrogen and oxygen atoms in total. The molecule has 0 spiro atoms. The zero-order valence-electron chi connectivity index (χ0n) is 16.3. The zero-order chi connectivity index (χ0) is 22.3. The Bertz CT molecular complexity index is 1240. The predicted molar refractivity (Wildman–Crippen MR) is 116 cm³/mol. The van der Waals surface area contributed by atoms with E-state index < -0.39 is 20.5 Å². The number of nitrogen functional groups attached to an aromatic ring is 1. The molecule has 2 N–H and O–H groups in total. The highest BCUT2D eigenvalue weighted by atomic mass is 35.5. The molecule has 30 heavy (non-hydrogen) atoms. The number of rotatable bonds is 4. The Labute approximate surface area is 183 Å². The average Bonchev–Trinajstić information content (AvgIpc) is 2.98. The van der Waals surface area contributed by atoms with Crippen LogP contribution in [0.15, 0.2) is 57.6 Å². The second-order valence-corrected chi connectivity index (χ2v) is 9.58. The monoisotopic (exact) mass is 469 g/mol. The highest BCUT2D eigenvalue weighted by Gasteiger charge is 2.27. The van der Waals surface area contributed by atoms with Gasteiger partial charge in [0.25, 0.3) is 0 Å². The van der Waals surface area contributed by atoms with Crippen LogP contribution in [-0.2, 0) is 15.6 Å². The van der Waals surface area contributed by atoms with Crippen LogP contribution in [0, 0.1) is 0 Å². The summed E-state index contributed by atoms with van der Waals surface area (Å²) in [4.78, 5) is -0.736. The highest BCUT2D eigenvalue weighted by Crippen LogP contribution is 2.40. The van der Waals surface area contributed by atoms with Crippen LogP contribution >= 0.6 is 23.2 Å². The van der Waals surface area contributed by atoms with E-state index in [1.165, 1.54) is 0 Å². The lowest BCUT2D eigenvalue weighted by atomic mass is 9.91. The molecule has 1 aromatic heterocycles. The Morgan fingerprint density at radius 1 is 1.07 bits per heavy atom. The van der Waals surface area contributed by atoms with Gasteiger partial charge in [0.05, 0.1) is 21.4 Å². The summed E-state index contributed by atoms with van der Waals surface area (Å²) in [6, 6.07) is 11.3. The number of aromatic nitrogens is 2. The number of hydrogen-bond acceptors (Lipinski definition) is 6. The molecule has 0 bridgehead atoms. The fourth-order valence-corrected chi connectivity index (χ4v) is 3.93. The summed E-state index contributed by atoms with van der Waals surface area (Å²) in [7, 11) is -5.02. The molecule has 0 aliphatic carbocycles. The molecule has 0 saturated carbocycles. The Balaban J connectivity index is 2.12. The highest BCUT2D eigenvalue weighted by molar-refractivity contribution is 7.86. The molecule has 3 rings (SSSR count). The Hall–Kier alpha value is -2.49. The number of para-hydroxylation sites is 1. The van der Waals surface area contributed by atoms with E-state index in [0.29, 0.717) is 11.4 Å². The molecule has 2 aromatic carbocycles.